The molecule has 0 bridgehead atoms. The molecule has 1 aliphatic heterocycles. The molecule has 0 radical (unpaired) electrons. The van der Waals surface area contributed by atoms with Crippen LogP contribution >= 0.6 is 11.6 Å². The largest absolute Gasteiger partial charge is 0.480 e. The van der Waals surface area contributed by atoms with E-state index in [0.717, 1.165) is 18.5 Å². The lowest BCUT2D eigenvalue weighted by Crippen LogP contribution is -2.47. The van der Waals surface area contributed by atoms with Gasteiger partial charge in [-0.2, -0.15) is 0 Å². The van der Waals surface area contributed by atoms with Gasteiger partial charge in [0.2, 0.25) is 0 Å². The van der Waals surface area contributed by atoms with Gasteiger partial charge >= 0.3 is 5.97 Å². The fourth-order valence-corrected chi connectivity index (χ4v) is 1.81. The Labute approximate surface area is 82.8 Å². The Hall–Kier alpha value is -0.540. The number of hydrogen-bond donors (Lipinski definition) is 2. The van der Waals surface area contributed by atoms with E-state index in [1.165, 1.54) is 5.54 Å². The van der Waals surface area contributed by atoms with Crippen LogP contribution in [0.3, 0.4) is 0 Å². The first kappa shape index (κ1) is 10.5. The number of rotatable bonds is 3. The van der Waals surface area contributed by atoms with Crippen LogP contribution in [0.2, 0.25) is 0 Å². The summed E-state index contributed by atoms with van der Waals surface area (Å²) in [6.45, 7) is 2.62. The first-order valence-electron chi connectivity index (χ1n) is 4.35. The summed E-state index contributed by atoms with van der Waals surface area (Å²) in [6.07, 6.45) is 2.10. The molecule has 1 fully saturated rings. The quantitative estimate of drug-likeness (QED) is 0.735. The van der Waals surface area contributed by atoms with Crippen molar-refractivity contribution in [3.05, 3.63) is 11.1 Å². The Kier molecular flexibility index (Phi) is 3.33. The van der Waals surface area contributed by atoms with E-state index in [0.29, 0.717) is 12.8 Å². The maximum Gasteiger partial charge on any atom is 0.324 e. The van der Waals surface area contributed by atoms with E-state index < -0.39 is 11.5 Å². The summed E-state index contributed by atoms with van der Waals surface area (Å²) < 4.78 is 0. The molecule has 2 N–H and O–H groups in total. The molecule has 0 aromatic heterocycles. The number of hydrogen-bond acceptors (Lipinski definition) is 2. The third-order valence-corrected chi connectivity index (χ3v) is 2.79. The minimum Gasteiger partial charge on any atom is -0.480 e. The Morgan fingerprint density at radius 2 is 2.46 bits per heavy atom. The average Bonchev–Trinajstić information content (AvgIpc) is 2.54. The molecule has 0 aliphatic carbocycles. The molecule has 0 amide bonds. The number of carboxylic acids is 1. The highest BCUT2D eigenvalue weighted by atomic mass is 35.5. The predicted molar refractivity (Wildman–Crippen MR) is 51.8 cm³/mol. The molecular formula is C9H14ClNO2. The van der Waals surface area contributed by atoms with Gasteiger partial charge in [-0.15, -0.1) is 0 Å². The lowest BCUT2D eigenvalue weighted by Gasteiger charge is -2.24. The SMILES string of the molecule is CC(=CCl)CC1(C(=O)O)CCCN1. The van der Waals surface area contributed by atoms with E-state index in [4.69, 9.17) is 16.7 Å². The second kappa shape index (κ2) is 4.11. The van der Waals surface area contributed by atoms with Crippen molar-refractivity contribution in [1.82, 2.24) is 5.32 Å². The van der Waals surface area contributed by atoms with Gasteiger partial charge in [0.15, 0.2) is 0 Å². The predicted octanol–water partition coefficient (Wildman–Crippen LogP) is 1.73. The van der Waals surface area contributed by atoms with Crippen molar-refractivity contribution in [3.8, 4) is 0 Å². The van der Waals surface area contributed by atoms with E-state index in [2.05, 4.69) is 5.32 Å². The number of nitrogens with one attached hydrogen (secondary N) is 1. The molecule has 0 aromatic rings. The van der Waals surface area contributed by atoms with Crippen LogP contribution in [0.5, 0.6) is 0 Å². The highest BCUT2D eigenvalue weighted by Crippen LogP contribution is 2.27. The number of carboxylic acid groups (broad SMARTS) is 1. The molecule has 0 saturated carbocycles. The van der Waals surface area contributed by atoms with Crippen molar-refractivity contribution in [2.75, 3.05) is 6.54 Å². The molecule has 0 aromatic carbocycles. The molecule has 1 rings (SSSR count). The van der Waals surface area contributed by atoms with Crippen LogP contribution in [0.15, 0.2) is 11.1 Å². The molecule has 3 nitrogen and oxygen atoms in total. The summed E-state index contributed by atoms with van der Waals surface area (Å²) in [5.41, 5.74) is 1.58. The van der Waals surface area contributed by atoms with Crippen molar-refractivity contribution < 1.29 is 9.90 Å². The highest BCUT2D eigenvalue weighted by molar-refractivity contribution is 6.25. The van der Waals surface area contributed by atoms with Crippen molar-refractivity contribution in [1.29, 1.82) is 0 Å². The maximum atomic E-state index is 11.0. The summed E-state index contributed by atoms with van der Waals surface area (Å²) in [5, 5.41) is 12.1. The molecule has 1 atom stereocenters. The number of carbonyl (C=O) groups is 1. The fourth-order valence-electron chi connectivity index (χ4n) is 1.73. The average molecular weight is 204 g/mol. The van der Waals surface area contributed by atoms with Crippen molar-refractivity contribution in [2.24, 2.45) is 0 Å². The van der Waals surface area contributed by atoms with Crippen LogP contribution in [0.1, 0.15) is 26.2 Å². The fraction of sp³-hybridized carbons (Fsp3) is 0.667. The van der Waals surface area contributed by atoms with Crippen LogP contribution in [0, 0.1) is 0 Å². The minimum absolute atomic E-state index is 0.492. The van der Waals surface area contributed by atoms with Crippen LogP contribution < -0.4 is 5.32 Å². The molecule has 1 aliphatic rings. The summed E-state index contributed by atoms with van der Waals surface area (Å²) in [7, 11) is 0. The second-order valence-corrected chi connectivity index (χ2v) is 3.77. The van der Waals surface area contributed by atoms with E-state index in [1.807, 2.05) is 6.92 Å². The van der Waals surface area contributed by atoms with Gasteiger partial charge in [-0.05, 0) is 32.7 Å². The first-order valence-corrected chi connectivity index (χ1v) is 4.79. The molecule has 0 spiro atoms. The third kappa shape index (κ3) is 2.23. The minimum atomic E-state index is -0.775. The van der Waals surface area contributed by atoms with Gasteiger partial charge in [0.1, 0.15) is 5.54 Å². The zero-order valence-electron chi connectivity index (χ0n) is 7.64. The first-order chi connectivity index (χ1) is 6.10. The smallest absolute Gasteiger partial charge is 0.324 e. The topological polar surface area (TPSA) is 49.3 Å². The Morgan fingerprint density at radius 3 is 2.85 bits per heavy atom. The normalized spacial score (nSPS) is 29.2. The van der Waals surface area contributed by atoms with Crippen LogP contribution in [0.4, 0.5) is 0 Å². The Morgan fingerprint density at radius 1 is 1.77 bits per heavy atom. The van der Waals surface area contributed by atoms with Crippen LogP contribution in [-0.2, 0) is 4.79 Å². The lowest BCUT2D eigenvalue weighted by atomic mass is 9.90. The van der Waals surface area contributed by atoms with E-state index in [9.17, 15) is 4.79 Å². The van der Waals surface area contributed by atoms with Gasteiger partial charge in [0.05, 0.1) is 0 Å². The molecule has 1 unspecified atom stereocenters. The van der Waals surface area contributed by atoms with E-state index in [1.54, 1.807) is 0 Å². The van der Waals surface area contributed by atoms with Crippen LogP contribution in [0.25, 0.3) is 0 Å². The standard InChI is InChI=1S/C9H14ClNO2/c1-7(6-10)5-9(8(12)13)3-2-4-11-9/h6,11H,2-5H2,1H3,(H,12,13). The zero-order valence-corrected chi connectivity index (χ0v) is 8.40. The third-order valence-electron chi connectivity index (χ3n) is 2.42. The number of halogens is 1. The van der Waals surface area contributed by atoms with Gasteiger partial charge in [-0.25, -0.2) is 0 Å². The van der Waals surface area contributed by atoms with E-state index in [-0.39, 0.29) is 0 Å². The molecule has 1 saturated heterocycles. The Bertz CT molecular complexity index is 232. The zero-order chi connectivity index (χ0) is 9.90. The van der Waals surface area contributed by atoms with Gasteiger partial charge < -0.3 is 10.4 Å². The van der Waals surface area contributed by atoms with Crippen molar-refractivity contribution in [3.63, 3.8) is 0 Å². The lowest BCUT2D eigenvalue weighted by molar-refractivity contribution is -0.144. The highest BCUT2D eigenvalue weighted by Gasteiger charge is 2.40. The summed E-state index contributed by atoms with van der Waals surface area (Å²) >= 11 is 5.51. The second-order valence-electron chi connectivity index (χ2n) is 3.55. The summed E-state index contributed by atoms with van der Waals surface area (Å²) in [6, 6.07) is 0. The van der Waals surface area contributed by atoms with Gasteiger partial charge in [0, 0.05) is 5.54 Å². The van der Waals surface area contributed by atoms with Crippen LogP contribution in [-0.4, -0.2) is 23.2 Å². The summed E-state index contributed by atoms with van der Waals surface area (Å²) in [5.74, 6) is -0.775. The number of aliphatic carboxylic acids is 1. The Balaban J connectivity index is 2.74. The molecule has 1 heterocycles. The van der Waals surface area contributed by atoms with Gasteiger partial charge in [0.25, 0.3) is 0 Å². The van der Waals surface area contributed by atoms with Crippen molar-refractivity contribution >= 4 is 17.6 Å². The summed E-state index contributed by atoms with van der Waals surface area (Å²) in [4.78, 5) is 11.0. The van der Waals surface area contributed by atoms with E-state index >= 15 is 0 Å². The molecule has 4 heteroatoms. The van der Waals surface area contributed by atoms with Gasteiger partial charge in [-0.1, -0.05) is 17.2 Å². The monoisotopic (exact) mass is 203 g/mol. The van der Waals surface area contributed by atoms with Crippen molar-refractivity contribution in [2.45, 2.75) is 31.7 Å². The molecule has 74 valence electrons. The maximum absolute atomic E-state index is 11.0. The van der Waals surface area contributed by atoms with Gasteiger partial charge in [-0.3, -0.25) is 4.79 Å². The molecule has 13 heavy (non-hydrogen) atoms. The molecular weight excluding hydrogens is 190 g/mol.